The largest absolute Gasteiger partial charge is 0.497 e. The van der Waals surface area contributed by atoms with E-state index in [0.29, 0.717) is 0 Å². The molecule has 0 fully saturated rings. The molecular formula is C5H10O5S. The van der Waals surface area contributed by atoms with Gasteiger partial charge in [-0.15, -0.1) is 0 Å². The highest BCUT2D eigenvalue weighted by Gasteiger charge is 1.99. The lowest BCUT2D eigenvalue weighted by molar-refractivity contribution is 0.243. The lowest BCUT2D eigenvalue weighted by Crippen LogP contribution is -2.06. The molecule has 0 saturated carbocycles. The van der Waals surface area contributed by atoms with Gasteiger partial charge in [-0.3, -0.25) is 4.55 Å². The summed E-state index contributed by atoms with van der Waals surface area (Å²) in [7, 11) is -3.92. The molecule has 0 radical (unpaired) electrons. The topological polar surface area (TPSA) is 83.8 Å². The monoisotopic (exact) mass is 182 g/mol. The summed E-state index contributed by atoms with van der Waals surface area (Å²) in [6.45, 7) is 0.291. The lowest BCUT2D eigenvalue weighted by Gasteiger charge is -1.99. The first-order chi connectivity index (χ1) is 5.06. The van der Waals surface area contributed by atoms with Gasteiger partial charge in [0.2, 0.25) is 0 Å². The Morgan fingerprint density at radius 2 is 1.91 bits per heavy atom. The minimum absolute atomic E-state index is 0.529. The molecule has 0 aromatic carbocycles. The fourth-order valence-corrected chi connectivity index (χ4v) is 0.442. The lowest BCUT2D eigenvalue weighted by atomic mass is 10.6. The average molecular weight is 182 g/mol. The molecule has 1 heterocycles. The molecule has 6 heteroatoms. The fraction of sp³-hybridized carbons (Fsp3) is 0.600. The van der Waals surface area contributed by atoms with Gasteiger partial charge >= 0.3 is 0 Å². The van der Waals surface area contributed by atoms with E-state index < -0.39 is 22.5 Å². The Hall–Kier alpha value is -0.590. The zero-order chi connectivity index (χ0) is 8.74. The van der Waals surface area contributed by atoms with Gasteiger partial charge < -0.3 is 9.84 Å². The molecule has 1 aliphatic heterocycles. The Bertz CT molecular complexity index is 199. The summed E-state index contributed by atoms with van der Waals surface area (Å²) >= 11 is 0. The summed E-state index contributed by atoms with van der Waals surface area (Å²) < 4.78 is 31.6. The van der Waals surface area contributed by atoms with Crippen molar-refractivity contribution in [2.75, 3.05) is 19.0 Å². The van der Waals surface area contributed by atoms with Crippen molar-refractivity contribution < 1.29 is 22.8 Å². The highest BCUT2D eigenvalue weighted by atomic mass is 32.2. The minimum atomic E-state index is -3.92. The summed E-state index contributed by atoms with van der Waals surface area (Å²) in [5.41, 5.74) is 0. The van der Waals surface area contributed by atoms with Crippen LogP contribution in [0.15, 0.2) is 12.3 Å². The molecule has 1 rings (SSSR count). The molecule has 0 saturated heterocycles. The molecule has 0 aromatic rings. The molecule has 2 N–H and O–H groups in total. The van der Waals surface area contributed by atoms with Gasteiger partial charge in [0.15, 0.2) is 0 Å². The number of aliphatic hydroxyl groups excluding tert-OH is 1. The molecule has 0 aliphatic carbocycles. The van der Waals surface area contributed by atoms with E-state index >= 15 is 0 Å². The van der Waals surface area contributed by atoms with Gasteiger partial charge in [0.25, 0.3) is 10.1 Å². The van der Waals surface area contributed by atoms with Crippen LogP contribution in [0.4, 0.5) is 0 Å². The Kier molecular flexibility index (Phi) is 4.84. The number of ether oxygens (including phenoxy) is 1. The number of rotatable bonds is 2. The van der Waals surface area contributed by atoms with Crippen molar-refractivity contribution in [1.29, 1.82) is 0 Å². The molecular weight excluding hydrogens is 172 g/mol. The summed E-state index contributed by atoms with van der Waals surface area (Å²) in [5.74, 6) is -0.576. The number of hydrogen-bond acceptors (Lipinski definition) is 4. The van der Waals surface area contributed by atoms with Crippen molar-refractivity contribution in [3.8, 4) is 0 Å². The Morgan fingerprint density at radius 1 is 1.55 bits per heavy atom. The van der Waals surface area contributed by atoms with Crippen LogP contribution in [0, 0.1) is 0 Å². The molecule has 0 bridgehead atoms. The maximum atomic E-state index is 9.63. The minimum Gasteiger partial charge on any atom is -0.497 e. The SMILES string of the molecule is C1=COC1.O=S(=O)(O)CCO. The van der Waals surface area contributed by atoms with Crippen LogP contribution in [-0.2, 0) is 14.9 Å². The zero-order valence-corrected chi connectivity index (χ0v) is 6.62. The zero-order valence-electron chi connectivity index (χ0n) is 5.80. The van der Waals surface area contributed by atoms with Crippen molar-refractivity contribution in [1.82, 2.24) is 0 Å². The molecule has 0 spiro atoms. The summed E-state index contributed by atoms with van der Waals surface area (Å²) in [4.78, 5) is 0. The second-order valence-electron chi connectivity index (χ2n) is 1.71. The van der Waals surface area contributed by atoms with E-state index in [9.17, 15) is 8.42 Å². The van der Waals surface area contributed by atoms with Crippen LogP contribution in [0.25, 0.3) is 0 Å². The van der Waals surface area contributed by atoms with E-state index in [-0.39, 0.29) is 0 Å². The van der Waals surface area contributed by atoms with Crippen molar-refractivity contribution in [2.24, 2.45) is 0 Å². The number of aliphatic hydroxyl groups is 1. The van der Waals surface area contributed by atoms with E-state index in [4.69, 9.17) is 9.66 Å². The second-order valence-corrected chi connectivity index (χ2v) is 3.29. The molecule has 66 valence electrons. The predicted molar refractivity (Wildman–Crippen MR) is 38.6 cm³/mol. The van der Waals surface area contributed by atoms with E-state index in [1.165, 1.54) is 0 Å². The normalized spacial score (nSPS) is 14.0. The van der Waals surface area contributed by atoms with Crippen molar-refractivity contribution >= 4 is 10.1 Å². The smallest absolute Gasteiger partial charge is 0.267 e. The third-order valence-corrected chi connectivity index (χ3v) is 1.43. The maximum Gasteiger partial charge on any atom is 0.267 e. The summed E-state index contributed by atoms with van der Waals surface area (Å²) in [5, 5.41) is 7.86. The molecule has 0 amide bonds. The molecule has 1 aliphatic rings. The Morgan fingerprint density at radius 3 is 1.91 bits per heavy atom. The average Bonchev–Trinajstić information content (AvgIpc) is 1.54. The van der Waals surface area contributed by atoms with Crippen LogP contribution in [0.5, 0.6) is 0 Å². The van der Waals surface area contributed by atoms with Crippen LogP contribution in [0.1, 0.15) is 0 Å². The van der Waals surface area contributed by atoms with Crippen LogP contribution < -0.4 is 0 Å². The van der Waals surface area contributed by atoms with E-state index in [0.717, 1.165) is 6.61 Å². The van der Waals surface area contributed by atoms with E-state index in [1.807, 2.05) is 6.08 Å². The van der Waals surface area contributed by atoms with Crippen LogP contribution in [0.2, 0.25) is 0 Å². The second kappa shape index (κ2) is 5.11. The van der Waals surface area contributed by atoms with Gasteiger partial charge in [-0.25, -0.2) is 0 Å². The molecule has 0 aromatic heterocycles. The van der Waals surface area contributed by atoms with Gasteiger partial charge in [-0.2, -0.15) is 8.42 Å². The molecule has 5 nitrogen and oxygen atoms in total. The Labute approximate surface area is 65.0 Å². The third kappa shape index (κ3) is 9.41. The van der Waals surface area contributed by atoms with Crippen LogP contribution in [-0.4, -0.2) is 37.0 Å². The molecule has 0 unspecified atom stereocenters. The van der Waals surface area contributed by atoms with Crippen LogP contribution >= 0.6 is 0 Å². The summed E-state index contributed by atoms with van der Waals surface area (Å²) in [6, 6.07) is 0. The summed E-state index contributed by atoms with van der Waals surface area (Å²) in [6.07, 6.45) is 3.64. The van der Waals surface area contributed by atoms with Gasteiger partial charge in [-0.1, -0.05) is 0 Å². The highest BCUT2D eigenvalue weighted by molar-refractivity contribution is 7.85. The highest BCUT2D eigenvalue weighted by Crippen LogP contribution is 1.87. The van der Waals surface area contributed by atoms with Gasteiger partial charge in [-0.05, 0) is 6.08 Å². The van der Waals surface area contributed by atoms with E-state index in [2.05, 4.69) is 4.74 Å². The molecule has 0 atom stereocenters. The molecule has 11 heavy (non-hydrogen) atoms. The first-order valence-electron chi connectivity index (χ1n) is 2.89. The first-order valence-corrected chi connectivity index (χ1v) is 4.50. The van der Waals surface area contributed by atoms with Gasteiger partial charge in [0, 0.05) is 0 Å². The maximum absolute atomic E-state index is 9.63. The van der Waals surface area contributed by atoms with Crippen molar-refractivity contribution in [3.63, 3.8) is 0 Å². The van der Waals surface area contributed by atoms with Gasteiger partial charge in [0.1, 0.15) is 6.61 Å². The standard InChI is InChI=1S/C3H4O.C2H6O4S/c1-2-4-3-1;3-1-2-7(4,5)6/h1-2H,3H2;3H,1-2H2,(H,4,5,6). The Balaban J connectivity index is 0.000000207. The van der Waals surface area contributed by atoms with Crippen molar-refractivity contribution in [2.45, 2.75) is 0 Å². The van der Waals surface area contributed by atoms with Gasteiger partial charge in [0.05, 0.1) is 18.6 Å². The van der Waals surface area contributed by atoms with E-state index in [1.54, 1.807) is 6.26 Å². The quantitative estimate of drug-likeness (QED) is 0.557. The van der Waals surface area contributed by atoms with Crippen molar-refractivity contribution in [3.05, 3.63) is 12.3 Å². The van der Waals surface area contributed by atoms with Crippen LogP contribution in [0.3, 0.4) is 0 Å². The first kappa shape index (κ1) is 10.4. The number of hydrogen-bond donors (Lipinski definition) is 2. The fourth-order valence-electron chi connectivity index (χ4n) is 0.212. The third-order valence-electron chi connectivity index (χ3n) is 0.734. The predicted octanol–water partition coefficient (Wildman–Crippen LogP) is -0.603.